The molecule has 0 amide bonds. The van der Waals surface area contributed by atoms with Crippen molar-refractivity contribution in [2.24, 2.45) is 5.92 Å². The highest BCUT2D eigenvalue weighted by molar-refractivity contribution is 9.10. The summed E-state index contributed by atoms with van der Waals surface area (Å²) in [7, 11) is 0. The number of nitrogens with one attached hydrogen (secondary N) is 1. The largest absolute Gasteiger partial charge is 0.381 e. The summed E-state index contributed by atoms with van der Waals surface area (Å²) in [4.78, 5) is 4.32. The van der Waals surface area contributed by atoms with Crippen LogP contribution in [0.5, 0.6) is 0 Å². The first-order chi connectivity index (χ1) is 11.9. The zero-order valence-electron chi connectivity index (χ0n) is 14.9. The fourth-order valence-electron chi connectivity index (χ4n) is 3.38. The lowest BCUT2D eigenvalue weighted by molar-refractivity contribution is 0.0631. The SMILES string of the molecule is Brc1cccnc1NCCCCCCCCCCC1CCOCC1. The second-order valence-corrected chi connectivity index (χ2v) is 7.79. The predicted molar refractivity (Wildman–Crippen MR) is 106 cm³/mol. The maximum atomic E-state index is 5.42. The molecule has 1 aliphatic rings. The lowest BCUT2D eigenvalue weighted by atomic mass is 9.93. The third-order valence-electron chi connectivity index (χ3n) is 4.93. The molecule has 24 heavy (non-hydrogen) atoms. The van der Waals surface area contributed by atoms with Crippen molar-refractivity contribution in [3.63, 3.8) is 0 Å². The Bertz CT molecular complexity index is 435. The van der Waals surface area contributed by atoms with E-state index in [1.807, 2.05) is 18.3 Å². The summed E-state index contributed by atoms with van der Waals surface area (Å²) in [5.74, 6) is 1.91. The minimum Gasteiger partial charge on any atom is -0.381 e. The molecule has 2 heterocycles. The Kier molecular flexibility index (Phi) is 10.4. The van der Waals surface area contributed by atoms with Gasteiger partial charge >= 0.3 is 0 Å². The molecule has 0 unspecified atom stereocenters. The van der Waals surface area contributed by atoms with Crippen LogP contribution < -0.4 is 5.32 Å². The molecule has 1 fully saturated rings. The zero-order chi connectivity index (χ0) is 16.9. The van der Waals surface area contributed by atoms with Crippen LogP contribution in [0.2, 0.25) is 0 Å². The Morgan fingerprint density at radius 3 is 2.38 bits per heavy atom. The van der Waals surface area contributed by atoms with Gasteiger partial charge < -0.3 is 10.1 Å². The van der Waals surface area contributed by atoms with E-state index in [9.17, 15) is 0 Å². The van der Waals surface area contributed by atoms with Gasteiger partial charge in [-0.2, -0.15) is 0 Å². The number of anilines is 1. The van der Waals surface area contributed by atoms with Gasteiger partial charge in [-0.05, 0) is 53.2 Å². The van der Waals surface area contributed by atoms with Crippen LogP contribution in [0.15, 0.2) is 22.8 Å². The Hall–Kier alpha value is -0.610. The van der Waals surface area contributed by atoms with E-state index in [0.29, 0.717) is 0 Å². The molecule has 1 N–H and O–H groups in total. The van der Waals surface area contributed by atoms with Crippen LogP contribution in [0.3, 0.4) is 0 Å². The highest BCUT2D eigenvalue weighted by Crippen LogP contribution is 2.22. The number of pyridine rings is 1. The van der Waals surface area contributed by atoms with E-state index >= 15 is 0 Å². The van der Waals surface area contributed by atoms with Crippen molar-refractivity contribution >= 4 is 21.7 Å². The van der Waals surface area contributed by atoms with Crippen LogP contribution in [-0.4, -0.2) is 24.7 Å². The van der Waals surface area contributed by atoms with Gasteiger partial charge in [0.2, 0.25) is 0 Å². The standard InChI is InChI=1S/C20H33BrN2O/c21-19-11-9-15-23-20(19)22-14-8-6-4-2-1-3-5-7-10-18-12-16-24-17-13-18/h9,11,15,18H,1-8,10,12-14,16-17H2,(H,22,23). The van der Waals surface area contributed by atoms with Gasteiger partial charge in [-0.3, -0.25) is 0 Å². The summed E-state index contributed by atoms with van der Waals surface area (Å²) in [6.07, 6.45) is 16.8. The van der Waals surface area contributed by atoms with Crippen LogP contribution >= 0.6 is 15.9 Å². The van der Waals surface area contributed by atoms with Crippen molar-refractivity contribution in [1.82, 2.24) is 4.98 Å². The molecule has 0 aliphatic carbocycles. The minimum atomic E-state index is 0.949. The van der Waals surface area contributed by atoms with Crippen molar-refractivity contribution < 1.29 is 4.74 Å². The summed E-state index contributed by atoms with van der Waals surface area (Å²) in [5.41, 5.74) is 0. The number of ether oxygens (including phenoxy) is 1. The first-order valence-electron chi connectivity index (χ1n) is 9.78. The van der Waals surface area contributed by atoms with E-state index in [1.165, 1.54) is 70.6 Å². The third kappa shape index (κ3) is 8.48. The Morgan fingerprint density at radius 2 is 1.67 bits per heavy atom. The van der Waals surface area contributed by atoms with Crippen LogP contribution in [0.4, 0.5) is 5.82 Å². The number of halogens is 1. The molecule has 0 atom stereocenters. The van der Waals surface area contributed by atoms with E-state index < -0.39 is 0 Å². The Labute approximate surface area is 156 Å². The van der Waals surface area contributed by atoms with Crippen LogP contribution in [0, 0.1) is 5.92 Å². The van der Waals surface area contributed by atoms with Gasteiger partial charge in [0.1, 0.15) is 5.82 Å². The third-order valence-corrected chi connectivity index (χ3v) is 5.57. The van der Waals surface area contributed by atoms with Gasteiger partial charge in [0.05, 0.1) is 4.47 Å². The summed E-state index contributed by atoms with van der Waals surface area (Å²) < 4.78 is 6.47. The highest BCUT2D eigenvalue weighted by atomic mass is 79.9. The number of hydrogen-bond acceptors (Lipinski definition) is 3. The molecule has 1 saturated heterocycles. The van der Waals surface area contributed by atoms with Gasteiger partial charge in [0.25, 0.3) is 0 Å². The van der Waals surface area contributed by atoms with Crippen LogP contribution in [0.25, 0.3) is 0 Å². The molecule has 1 aromatic heterocycles. The average molecular weight is 397 g/mol. The number of rotatable bonds is 12. The first-order valence-corrected chi connectivity index (χ1v) is 10.6. The normalized spacial score (nSPS) is 15.5. The maximum Gasteiger partial charge on any atom is 0.140 e. The monoisotopic (exact) mass is 396 g/mol. The second-order valence-electron chi connectivity index (χ2n) is 6.93. The van der Waals surface area contributed by atoms with E-state index in [2.05, 4.69) is 26.2 Å². The highest BCUT2D eigenvalue weighted by Gasteiger charge is 2.12. The molecule has 2 rings (SSSR count). The molecule has 1 aliphatic heterocycles. The predicted octanol–water partition coefficient (Wildman–Crippen LogP) is 6.19. The molecule has 0 spiro atoms. The van der Waals surface area contributed by atoms with Crippen molar-refractivity contribution in [1.29, 1.82) is 0 Å². The van der Waals surface area contributed by atoms with Crippen LogP contribution in [0.1, 0.15) is 70.6 Å². The van der Waals surface area contributed by atoms with Crippen molar-refractivity contribution in [3.05, 3.63) is 22.8 Å². The van der Waals surface area contributed by atoms with Crippen molar-refractivity contribution in [2.45, 2.75) is 70.6 Å². The Morgan fingerprint density at radius 1 is 1.00 bits per heavy atom. The molecule has 0 radical (unpaired) electrons. The van der Waals surface area contributed by atoms with Crippen molar-refractivity contribution in [2.75, 3.05) is 25.1 Å². The molecule has 0 saturated carbocycles. The smallest absolute Gasteiger partial charge is 0.140 e. The summed E-state index contributed by atoms with van der Waals surface area (Å²) >= 11 is 3.51. The van der Waals surface area contributed by atoms with Gasteiger partial charge in [0.15, 0.2) is 0 Å². The van der Waals surface area contributed by atoms with Crippen LogP contribution in [-0.2, 0) is 4.74 Å². The molecular formula is C20H33BrN2O. The van der Waals surface area contributed by atoms with E-state index in [0.717, 1.165) is 36.0 Å². The summed E-state index contributed by atoms with van der Waals surface area (Å²) in [6, 6.07) is 3.97. The van der Waals surface area contributed by atoms with E-state index in [4.69, 9.17) is 4.74 Å². The lowest BCUT2D eigenvalue weighted by Gasteiger charge is -2.21. The molecule has 0 aromatic carbocycles. The van der Waals surface area contributed by atoms with Gasteiger partial charge in [-0.15, -0.1) is 0 Å². The zero-order valence-corrected chi connectivity index (χ0v) is 16.5. The Balaban J connectivity index is 1.33. The van der Waals surface area contributed by atoms with E-state index in [-0.39, 0.29) is 0 Å². The molecule has 4 heteroatoms. The topological polar surface area (TPSA) is 34.2 Å². The van der Waals surface area contributed by atoms with Gasteiger partial charge in [-0.25, -0.2) is 4.98 Å². The molecule has 136 valence electrons. The quantitative estimate of drug-likeness (QED) is 0.427. The van der Waals surface area contributed by atoms with Gasteiger partial charge in [-0.1, -0.05) is 51.4 Å². The summed E-state index contributed by atoms with van der Waals surface area (Å²) in [6.45, 7) is 3.01. The van der Waals surface area contributed by atoms with E-state index in [1.54, 1.807) is 0 Å². The first kappa shape index (κ1) is 19.7. The molecule has 0 bridgehead atoms. The maximum absolute atomic E-state index is 5.42. The summed E-state index contributed by atoms with van der Waals surface area (Å²) in [5, 5.41) is 3.40. The lowest BCUT2D eigenvalue weighted by Crippen LogP contribution is -2.15. The fraction of sp³-hybridized carbons (Fsp3) is 0.750. The minimum absolute atomic E-state index is 0.949. The number of hydrogen-bond donors (Lipinski definition) is 1. The average Bonchev–Trinajstić information content (AvgIpc) is 2.62. The second kappa shape index (κ2) is 12.7. The molecular weight excluding hydrogens is 364 g/mol. The number of unbranched alkanes of at least 4 members (excludes halogenated alkanes) is 7. The number of aromatic nitrogens is 1. The molecule has 3 nitrogen and oxygen atoms in total. The number of nitrogens with zero attached hydrogens (tertiary/aromatic N) is 1. The fourth-order valence-corrected chi connectivity index (χ4v) is 3.77. The molecule has 1 aromatic rings. The van der Waals surface area contributed by atoms with Crippen molar-refractivity contribution in [3.8, 4) is 0 Å². The van der Waals surface area contributed by atoms with Gasteiger partial charge in [0, 0.05) is 26.0 Å².